The monoisotopic (exact) mass is 364 g/mol. The van der Waals surface area contributed by atoms with Crippen molar-refractivity contribution >= 4 is 39.1 Å². The third kappa shape index (κ3) is 3.93. The number of carbonyl (C=O) groups is 1. The second kappa shape index (κ2) is 7.17. The predicted molar refractivity (Wildman–Crippen MR) is 87.4 cm³/mol. The number of amides is 1. The molecule has 1 atom stereocenters. The third-order valence-corrected chi connectivity index (χ3v) is 6.26. The van der Waals surface area contributed by atoms with Crippen LogP contribution >= 0.6 is 23.2 Å². The van der Waals surface area contributed by atoms with Crippen LogP contribution in [0.5, 0.6) is 0 Å². The van der Waals surface area contributed by atoms with Crippen molar-refractivity contribution in [2.75, 3.05) is 20.1 Å². The summed E-state index contributed by atoms with van der Waals surface area (Å²) in [6.07, 6.45) is 1.35. The molecule has 1 aromatic carbocycles. The van der Waals surface area contributed by atoms with E-state index in [2.05, 4.69) is 5.32 Å². The smallest absolute Gasteiger partial charge is 0.224 e. The molecular formula is C14H18Cl2N2O3S. The zero-order valence-corrected chi connectivity index (χ0v) is 14.5. The summed E-state index contributed by atoms with van der Waals surface area (Å²) in [6.45, 7) is 0.613. The van der Waals surface area contributed by atoms with E-state index in [0.717, 1.165) is 0 Å². The molecule has 1 heterocycles. The van der Waals surface area contributed by atoms with Gasteiger partial charge in [-0.3, -0.25) is 4.79 Å². The molecule has 22 heavy (non-hydrogen) atoms. The van der Waals surface area contributed by atoms with E-state index in [1.807, 2.05) is 0 Å². The van der Waals surface area contributed by atoms with Gasteiger partial charge in [0.05, 0.1) is 11.7 Å². The van der Waals surface area contributed by atoms with Crippen LogP contribution in [0.4, 0.5) is 0 Å². The Balaban J connectivity index is 2.18. The summed E-state index contributed by atoms with van der Waals surface area (Å²) in [5, 5.41) is 3.23. The number of rotatable bonds is 4. The van der Waals surface area contributed by atoms with Gasteiger partial charge in [-0.1, -0.05) is 29.3 Å². The summed E-state index contributed by atoms with van der Waals surface area (Å²) in [4.78, 5) is 11.7. The van der Waals surface area contributed by atoms with E-state index < -0.39 is 10.0 Å². The van der Waals surface area contributed by atoms with Crippen molar-refractivity contribution in [2.45, 2.75) is 18.6 Å². The molecule has 0 aliphatic carbocycles. The Bertz CT molecular complexity index is 644. The van der Waals surface area contributed by atoms with Gasteiger partial charge >= 0.3 is 0 Å². The maximum Gasteiger partial charge on any atom is 0.224 e. The average Bonchev–Trinajstić information content (AvgIpc) is 2.50. The van der Waals surface area contributed by atoms with Crippen LogP contribution < -0.4 is 5.32 Å². The van der Waals surface area contributed by atoms with E-state index >= 15 is 0 Å². The highest BCUT2D eigenvalue weighted by atomic mass is 35.5. The molecular weight excluding hydrogens is 347 g/mol. The molecule has 1 saturated heterocycles. The van der Waals surface area contributed by atoms with Gasteiger partial charge in [0, 0.05) is 35.7 Å². The first-order valence-electron chi connectivity index (χ1n) is 6.97. The molecule has 2 rings (SSSR count). The van der Waals surface area contributed by atoms with Gasteiger partial charge in [0.2, 0.25) is 15.9 Å². The second-order valence-electron chi connectivity index (χ2n) is 5.27. The number of benzene rings is 1. The lowest BCUT2D eigenvalue weighted by Crippen LogP contribution is -2.45. The van der Waals surface area contributed by atoms with Crippen LogP contribution in [0.3, 0.4) is 0 Å². The number of hydrogen-bond acceptors (Lipinski definition) is 3. The van der Waals surface area contributed by atoms with E-state index in [0.29, 0.717) is 35.0 Å². The molecule has 1 aliphatic rings. The van der Waals surface area contributed by atoms with Crippen molar-refractivity contribution in [2.24, 2.45) is 5.92 Å². The van der Waals surface area contributed by atoms with Crippen LogP contribution in [0, 0.1) is 5.92 Å². The zero-order chi connectivity index (χ0) is 16.3. The van der Waals surface area contributed by atoms with Crippen molar-refractivity contribution < 1.29 is 13.2 Å². The number of sulfonamides is 1. The largest absolute Gasteiger partial charge is 0.359 e. The Labute approximate surface area is 140 Å². The SMILES string of the molecule is CNC(=O)C1CCCN(S(=O)(=O)Cc2c(Cl)cccc2Cl)C1. The van der Waals surface area contributed by atoms with Gasteiger partial charge in [-0.25, -0.2) is 12.7 Å². The van der Waals surface area contributed by atoms with Crippen LogP contribution in [-0.4, -0.2) is 38.8 Å². The molecule has 1 aliphatic heterocycles. The molecule has 1 fully saturated rings. The normalized spacial score (nSPS) is 19.9. The molecule has 0 spiro atoms. The highest BCUT2D eigenvalue weighted by Crippen LogP contribution is 2.28. The number of halogens is 2. The molecule has 0 aromatic heterocycles. The van der Waals surface area contributed by atoms with Crippen molar-refractivity contribution in [1.82, 2.24) is 9.62 Å². The lowest BCUT2D eigenvalue weighted by molar-refractivity contribution is -0.125. The quantitative estimate of drug-likeness (QED) is 0.890. The first-order valence-corrected chi connectivity index (χ1v) is 9.34. The summed E-state index contributed by atoms with van der Waals surface area (Å²) in [5.74, 6) is -0.697. The molecule has 0 saturated carbocycles. The minimum absolute atomic E-state index is 0.129. The van der Waals surface area contributed by atoms with Crippen molar-refractivity contribution in [3.8, 4) is 0 Å². The number of carbonyl (C=O) groups excluding carboxylic acids is 1. The highest BCUT2D eigenvalue weighted by molar-refractivity contribution is 7.88. The standard InChI is InChI=1S/C14H18Cl2N2O3S/c1-17-14(19)10-4-3-7-18(8-10)22(20,21)9-11-12(15)5-2-6-13(11)16/h2,5-6,10H,3-4,7-9H2,1H3,(H,17,19). The predicted octanol–water partition coefficient (Wildman–Crippen LogP) is 2.28. The van der Waals surface area contributed by atoms with Gasteiger partial charge in [-0.2, -0.15) is 0 Å². The fraction of sp³-hybridized carbons (Fsp3) is 0.500. The summed E-state index contributed by atoms with van der Waals surface area (Å²) < 4.78 is 26.5. The van der Waals surface area contributed by atoms with Crippen LogP contribution in [0.15, 0.2) is 18.2 Å². The average molecular weight is 365 g/mol. The topological polar surface area (TPSA) is 66.5 Å². The van der Waals surface area contributed by atoms with E-state index in [4.69, 9.17) is 23.2 Å². The minimum Gasteiger partial charge on any atom is -0.359 e. The Morgan fingerprint density at radius 2 is 2.00 bits per heavy atom. The molecule has 1 aromatic rings. The van der Waals surface area contributed by atoms with Gasteiger partial charge in [0.15, 0.2) is 0 Å². The maximum atomic E-state index is 12.6. The Kier molecular flexibility index (Phi) is 5.71. The molecule has 5 nitrogen and oxygen atoms in total. The second-order valence-corrected chi connectivity index (χ2v) is 8.05. The van der Waals surface area contributed by atoms with Crippen LogP contribution in [0.2, 0.25) is 10.0 Å². The van der Waals surface area contributed by atoms with Crippen LogP contribution in [0.25, 0.3) is 0 Å². The molecule has 1 unspecified atom stereocenters. The molecule has 0 bridgehead atoms. The minimum atomic E-state index is -3.57. The number of hydrogen-bond donors (Lipinski definition) is 1. The summed E-state index contributed by atoms with van der Waals surface area (Å²) >= 11 is 12.1. The highest BCUT2D eigenvalue weighted by Gasteiger charge is 2.32. The zero-order valence-electron chi connectivity index (χ0n) is 12.2. The Hall–Kier alpha value is -0.820. The Morgan fingerprint density at radius 3 is 2.59 bits per heavy atom. The molecule has 1 N–H and O–H groups in total. The van der Waals surface area contributed by atoms with E-state index in [1.165, 1.54) is 4.31 Å². The fourth-order valence-electron chi connectivity index (χ4n) is 2.56. The molecule has 8 heteroatoms. The lowest BCUT2D eigenvalue weighted by atomic mass is 9.99. The first-order chi connectivity index (χ1) is 10.3. The fourth-order valence-corrected chi connectivity index (χ4v) is 4.92. The number of nitrogens with one attached hydrogen (secondary N) is 1. The maximum absolute atomic E-state index is 12.6. The number of piperidine rings is 1. The van der Waals surface area contributed by atoms with E-state index in [-0.39, 0.29) is 24.1 Å². The van der Waals surface area contributed by atoms with Crippen molar-refractivity contribution in [3.05, 3.63) is 33.8 Å². The molecule has 1 amide bonds. The number of nitrogens with zero attached hydrogens (tertiary/aromatic N) is 1. The first kappa shape index (κ1) is 17.5. The summed E-state index contributed by atoms with van der Waals surface area (Å²) in [6, 6.07) is 4.90. The van der Waals surface area contributed by atoms with E-state index in [1.54, 1.807) is 25.2 Å². The molecule has 122 valence electrons. The lowest BCUT2D eigenvalue weighted by Gasteiger charge is -2.31. The van der Waals surface area contributed by atoms with Crippen molar-refractivity contribution in [3.63, 3.8) is 0 Å². The summed E-state index contributed by atoms with van der Waals surface area (Å²) in [5.41, 5.74) is 0.396. The molecule has 0 radical (unpaired) electrons. The van der Waals surface area contributed by atoms with Gasteiger partial charge in [0.1, 0.15) is 0 Å². The van der Waals surface area contributed by atoms with Crippen LogP contribution in [0.1, 0.15) is 18.4 Å². The Morgan fingerprint density at radius 1 is 1.36 bits per heavy atom. The van der Waals surface area contributed by atoms with Crippen LogP contribution in [-0.2, 0) is 20.6 Å². The van der Waals surface area contributed by atoms with Gasteiger partial charge in [0.25, 0.3) is 0 Å². The van der Waals surface area contributed by atoms with E-state index in [9.17, 15) is 13.2 Å². The van der Waals surface area contributed by atoms with Gasteiger partial charge in [-0.15, -0.1) is 0 Å². The van der Waals surface area contributed by atoms with Gasteiger partial charge < -0.3 is 5.32 Å². The third-order valence-electron chi connectivity index (χ3n) is 3.78. The summed E-state index contributed by atoms with van der Waals surface area (Å²) in [7, 11) is -2.02. The van der Waals surface area contributed by atoms with Crippen molar-refractivity contribution in [1.29, 1.82) is 0 Å². The van der Waals surface area contributed by atoms with Gasteiger partial charge in [-0.05, 0) is 25.0 Å².